The summed E-state index contributed by atoms with van der Waals surface area (Å²) in [6.07, 6.45) is 1.69. The van der Waals surface area contributed by atoms with Crippen LogP contribution in [0.5, 0.6) is 0 Å². The van der Waals surface area contributed by atoms with Crippen LogP contribution in [0.15, 0.2) is 29.8 Å². The summed E-state index contributed by atoms with van der Waals surface area (Å²) in [4.78, 5) is 11.3. The van der Waals surface area contributed by atoms with Crippen molar-refractivity contribution in [2.24, 2.45) is 0 Å². The van der Waals surface area contributed by atoms with Gasteiger partial charge in [-0.15, -0.1) is 0 Å². The van der Waals surface area contributed by atoms with Crippen molar-refractivity contribution < 1.29 is 4.79 Å². The van der Waals surface area contributed by atoms with Crippen LogP contribution in [0.1, 0.15) is 30.9 Å². The number of rotatable bonds is 1. The average Bonchev–Trinajstić information content (AvgIpc) is 2.16. The smallest absolute Gasteiger partial charge is 0.159 e. The highest BCUT2D eigenvalue weighted by Gasteiger charge is 2.23. The van der Waals surface area contributed by atoms with Crippen LogP contribution in [-0.4, -0.2) is 5.78 Å². The van der Waals surface area contributed by atoms with Crippen LogP contribution in [0.25, 0.3) is 5.57 Å². The van der Waals surface area contributed by atoms with Crippen molar-refractivity contribution >= 4 is 11.4 Å². The SMILES string of the molecule is C/C(=C1\CCC1=O)c1ccccc1C. The molecule has 0 amide bonds. The summed E-state index contributed by atoms with van der Waals surface area (Å²) in [6.45, 7) is 4.14. The van der Waals surface area contributed by atoms with Crippen molar-refractivity contribution in [1.29, 1.82) is 0 Å². The molecular formula is C13H14O. The predicted molar refractivity (Wildman–Crippen MR) is 58.0 cm³/mol. The lowest BCUT2D eigenvalue weighted by Crippen LogP contribution is -2.15. The molecule has 1 aromatic rings. The third kappa shape index (κ3) is 1.39. The molecule has 0 aliphatic heterocycles. The zero-order valence-corrected chi connectivity index (χ0v) is 8.63. The number of Topliss-reactive ketones (excluding diaryl/α,β-unsaturated/α-hetero) is 1. The van der Waals surface area contributed by atoms with Gasteiger partial charge in [0.2, 0.25) is 0 Å². The van der Waals surface area contributed by atoms with E-state index in [1.54, 1.807) is 0 Å². The second-order valence-electron chi connectivity index (χ2n) is 3.84. The first-order valence-corrected chi connectivity index (χ1v) is 4.99. The molecule has 14 heavy (non-hydrogen) atoms. The number of carbonyl (C=O) groups is 1. The molecule has 1 nitrogen and oxygen atoms in total. The van der Waals surface area contributed by atoms with Crippen molar-refractivity contribution in [3.63, 3.8) is 0 Å². The van der Waals surface area contributed by atoms with Gasteiger partial charge in [-0.25, -0.2) is 0 Å². The van der Waals surface area contributed by atoms with Gasteiger partial charge in [-0.1, -0.05) is 24.3 Å². The van der Waals surface area contributed by atoms with Crippen LogP contribution >= 0.6 is 0 Å². The van der Waals surface area contributed by atoms with Crippen molar-refractivity contribution in [2.45, 2.75) is 26.7 Å². The van der Waals surface area contributed by atoms with Gasteiger partial charge in [0.25, 0.3) is 0 Å². The monoisotopic (exact) mass is 186 g/mol. The van der Waals surface area contributed by atoms with Gasteiger partial charge >= 0.3 is 0 Å². The fraction of sp³-hybridized carbons (Fsp3) is 0.308. The second kappa shape index (κ2) is 3.41. The maximum absolute atomic E-state index is 11.3. The molecule has 1 aliphatic carbocycles. The molecule has 0 radical (unpaired) electrons. The maximum atomic E-state index is 11.3. The van der Waals surface area contributed by atoms with Gasteiger partial charge in [-0.3, -0.25) is 4.79 Å². The highest BCUT2D eigenvalue weighted by atomic mass is 16.1. The van der Waals surface area contributed by atoms with Gasteiger partial charge in [0.15, 0.2) is 5.78 Å². The zero-order valence-electron chi connectivity index (χ0n) is 8.63. The molecule has 0 saturated heterocycles. The van der Waals surface area contributed by atoms with E-state index in [4.69, 9.17) is 0 Å². The summed E-state index contributed by atoms with van der Waals surface area (Å²) < 4.78 is 0. The Labute approximate surface area is 84.5 Å². The largest absolute Gasteiger partial charge is 0.295 e. The number of aryl methyl sites for hydroxylation is 1. The minimum absolute atomic E-state index is 0.325. The number of hydrogen-bond acceptors (Lipinski definition) is 1. The molecule has 0 bridgehead atoms. The molecule has 1 fully saturated rings. The molecule has 1 heteroatoms. The van der Waals surface area contributed by atoms with Crippen LogP contribution in [0.3, 0.4) is 0 Å². The maximum Gasteiger partial charge on any atom is 0.159 e. The van der Waals surface area contributed by atoms with Crippen LogP contribution in [0, 0.1) is 6.92 Å². The predicted octanol–water partition coefficient (Wildman–Crippen LogP) is 3.13. The lowest BCUT2D eigenvalue weighted by molar-refractivity contribution is -0.118. The molecule has 2 rings (SSSR count). The molecule has 0 aromatic heterocycles. The van der Waals surface area contributed by atoms with E-state index in [2.05, 4.69) is 26.0 Å². The first kappa shape index (κ1) is 9.20. The molecular weight excluding hydrogens is 172 g/mol. The second-order valence-corrected chi connectivity index (χ2v) is 3.84. The fourth-order valence-corrected chi connectivity index (χ4v) is 1.90. The topological polar surface area (TPSA) is 17.1 Å². The molecule has 0 heterocycles. The van der Waals surface area contributed by atoms with E-state index in [1.807, 2.05) is 12.1 Å². The molecule has 0 atom stereocenters. The molecule has 0 unspecified atom stereocenters. The van der Waals surface area contributed by atoms with Gasteiger partial charge in [0.05, 0.1) is 0 Å². The Kier molecular flexibility index (Phi) is 2.24. The Morgan fingerprint density at radius 2 is 1.93 bits per heavy atom. The fourth-order valence-electron chi connectivity index (χ4n) is 1.90. The molecule has 1 saturated carbocycles. The molecule has 72 valence electrons. The summed E-state index contributed by atoms with van der Waals surface area (Å²) in [6, 6.07) is 8.22. The summed E-state index contributed by atoms with van der Waals surface area (Å²) in [5.41, 5.74) is 4.66. The Morgan fingerprint density at radius 1 is 1.21 bits per heavy atom. The molecule has 0 N–H and O–H groups in total. The molecule has 0 spiro atoms. The molecule has 1 aromatic carbocycles. The van der Waals surface area contributed by atoms with Gasteiger partial charge < -0.3 is 0 Å². The third-order valence-electron chi connectivity index (χ3n) is 2.94. The Hall–Kier alpha value is -1.37. The lowest BCUT2D eigenvalue weighted by Gasteiger charge is -2.19. The van der Waals surface area contributed by atoms with E-state index in [9.17, 15) is 4.79 Å². The van der Waals surface area contributed by atoms with E-state index < -0.39 is 0 Å². The average molecular weight is 186 g/mol. The van der Waals surface area contributed by atoms with E-state index in [0.717, 1.165) is 18.4 Å². The van der Waals surface area contributed by atoms with E-state index >= 15 is 0 Å². The van der Waals surface area contributed by atoms with Crippen LogP contribution in [-0.2, 0) is 4.79 Å². The van der Waals surface area contributed by atoms with Gasteiger partial charge in [-0.2, -0.15) is 0 Å². The number of benzene rings is 1. The number of ketones is 1. The highest BCUT2D eigenvalue weighted by Crippen LogP contribution is 2.31. The summed E-state index contributed by atoms with van der Waals surface area (Å²) >= 11 is 0. The van der Waals surface area contributed by atoms with Gasteiger partial charge in [0, 0.05) is 6.42 Å². The van der Waals surface area contributed by atoms with Crippen LogP contribution < -0.4 is 0 Å². The number of allylic oxidation sites excluding steroid dienone is 2. The van der Waals surface area contributed by atoms with Gasteiger partial charge in [0.1, 0.15) is 0 Å². The van der Waals surface area contributed by atoms with Gasteiger partial charge in [-0.05, 0) is 42.5 Å². The van der Waals surface area contributed by atoms with Crippen molar-refractivity contribution in [3.8, 4) is 0 Å². The number of carbonyl (C=O) groups excluding carboxylic acids is 1. The summed E-state index contributed by atoms with van der Waals surface area (Å²) in [7, 11) is 0. The Bertz CT molecular complexity index is 413. The zero-order chi connectivity index (χ0) is 10.1. The van der Waals surface area contributed by atoms with Crippen LogP contribution in [0.4, 0.5) is 0 Å². The van der Waals surface area contributed by atoms with Crippen molar-refractivity contribution in [3.05, 3.63) is 41.0 Å². The van der Waals surface area contributed by atoms with Crippen molar-refractivity contribution in [2.75, 3.05) is 0 Å². The third-order valence-corrected chi connectivity index (χ3v) is 2.94. The lowest BCUT2D eigenvalue weighted by atomic mass is 9.84. The van der Waals surface area contributed by atoms with E-state index in [-0.39, 0.29) is 0 Å². The Morgan fingerprint density at radius 3 is 2.43 bits per heavy atom. The number of hydrogen-bond donors (Lipinski definition) is 0. The minimum Gasteiger partial charge on any atom is -0.295 e. The van der Waals surface area contributed by atoms with E-state index in [0.29, 0.717) is 5.78 Å². The minimum atomic E-state index is 0.325. The van der Waals surface area contributed by atoms with E-state index in [1.165, 1.54) is 16.7 Å². The summed E-state index contributed by atoms with van der Waals surface area (Å²) in [5.74, 6) is 0.325. The Balaban J connectivity index is 2.46. The normalized spacial score (nSPS) is 19.1. The first-order valence-electron chi connectivity index (χ1n) is 4.99. The highest BCUT2D eigenvalue weighted by molar-refractivity contribution is 6.07. The standard InChI is InChI=1S/C13H14O/c1-9-5-3-4-6-11(9)10(2)12-7-8-13(12)14/h3-6H,7-8H2,1-2H3/b12-10-. The quantitative estimate of drug-likeness (QED) is 0.616. The first-order chi connectivity index (χ1) is 6.70. The van der Waals surface area contributed by atoms with Crippen LogP contribution in [0.2, 0.25) is 0 Å². The summed E-state index contributed by atoms with van der Waals surface area (Å²) in [5, 5.41) is 0. The van der Waals surface area contributed by atoms with Crippen molar-refractivity contribution in [1.82, 2.24) is 0 Å². The molecule has 1 aliphatic rings.